The predicted octanol–water partition coefficient (Wildman–Crippen LogP) is -1.22. The van der Waals surface area contributed by atoms with Gasteiger partial charge in [-0.2, -0.15) is 0 Å². The molecule has 0 aromatic heterocycles. The van der Waals surface area contributed by atoms with Crippen molar-refractivity contribution in [2.45, 2.75) is 31.8 Å². The van der Waals surface area contributed by atoms with E-state index in [1.54, 1.807) is 4.90 Å². The number of carbonyl (C=O) groups is 3. The van der Waals surface area contributed by atoms with E-state index in [1.807, 2.05) is 13.8 Å². The molecule has 0 saturated carbocycles. The number of nitrogens with one attached hydrogen (secondary N) is 2. The summed E-state index contributed by atoms with van der Waals surface area (Å²) in [5.74, 6) is -0.488. The molecular formula is C11H18N4O3. The monoisotopic (exact) mass is 254 g/mol. The quantitative estimate of drug-likeness (QED) is 0.537. The molecule has 4 N–H and O–H groups in total. The van der Waals surface area contributed by atoms with Crippen LogP contribution in [0.4, 0.5) is 4.79 Å². The van der Waals surface area contributed by atoms with Crippen LogP contribution in [0.1, 0.15) is 20.3 Å². The van der Waals surface area contributed by atoms with Crippen LogP contribution in [-0.4, -0.2) is 47.4 Å². The number of imide groups is 1. The van der Waals surface area contributed by atoms with Crippen LogP contribution in [0.2, 0.25) is 0 Å². The Morgan fingerprint density at radius 3 is 2.61 bits per heavy atom. The summed E-state index contributed by atoms with van der Waals surface area (Å²) in [4.78, 5) is 36.5. The van der Waals surface area contributed by atoms with Gasteiger partial charge in [0.1, 0.15) is 5.54 Å². The average Bonchev–Trinajstić information content (AvgIpc) is 2.82. The van der Waals surface area contributed by atoms with E-state index in [1.165, 1.54) is 0 Å². The van der Waals surface area contributed by atoms with Crippen molar-refractivity contribution in [1.29, 1.82) is 0 Å². The highest BCUT2D eigenvalue weighted by atomic mass is 16.2. The zero-order valence-corrected chi connectivity index (χ0v) is 10.5. The van der Waals surface area contributed by atoms with E-state index >= 15 is 0 Å². The van der Waals surface area contributed by atoms with Crippen molar-refractivity contribution in [2.24, 2.45) is 11.7 Å². The van der Waals surface area contributed by atoms with Crippen LogP contribution in [0.15, 0.2) is 0 Å². The molecule has 2 atom stereocenters. The highest BCUT2D eigenvalue weighted by Gasteiger charge is 2.52. The van der Waals surface area contributed by atoms with Gasteiger partial charge in [0.25, 0.3) is 5.91 Å². The van der Waals surface area contributed by atoms with Crippen LogP contribution in [0, 0.1) is 5.92 Å². The SMILES string of the molecule is CC(C)[C@@H](N)C(=O)N1CCC2(C1)NC(=O)NC2=O. The largest absolute Gasteiger partial charge is 0.338 e. The second kappa shape index (κ2) is 4.24. The molecule has 1 spiro atoms. The fourth-order valence-electron chi connectivity index (χ4n) is 2.31. The van der Waals surface area contributed by atoms with Crippen molar-refractivity contribution in [3.8, 4) is 0 Å². The summed E-state index contributed by atoms with van der Waals surface area (Å²) in [5, 5.41) is 4.80. The lowest BCUT2D eigenvalue weighted by Gasteiger charge is -2.24. The van der Waals surface area contributed by atoms with Gasteiger partial charge >= 0.3 is 6.03 Å². The first-order valence-corrected chi connectivity index (χ1v) is 6.04. The first kappa shape index (κ1) is 12.8. The summed E-state index contributed by atoms with van der Waals surface area (Å²) in [7, 11) is 0. The topological polar surface area (TPSA) is 105 Å². The van der Waals surface area contributed by atoms with Gasteiger partial charge in [-0.15, -0.1) is 0 Å². The van der Waals surface area contributed by atoms with Gasteiger partial charge in [0.05, 0.1) is 12.6 Å². The zero-order chi connectivity index (χ0) is 13.5. The molecule has 1 unspecified atom stereocenters. The lowest BCUT2D eigenvalue weighted by Crippen LogP contribution is -2.52. The number of carbonyl (C=O) groups excluding carboxylic acids is 3. The minimum atomic E-state index is -0.955. The van der Waals surface area contributed by atoms with E-state index in [0.29, 0.717) is 13.0 Å². The van der Waals surface area contributed by atoms with Gasteiger partial charge in [0.2, 0.25) is 5.91 Å². The lowest BCUT2D eigenvalue weighted by molar-refractivity contribution is -0.133. The number of likely N-dealkylation sites (tertiary alicyclic amines) is 1. The normalized spacial score (nSPS) is 28.8. The van der Waals surface area contributed by atoms with Gasteiger partial charge < -0.3 is 16.0 Å². The molecule has 0 radical (unpaired) electrons. The van der Waals surface area contributed by atoms with Crippen molar-refractivity contribution in [3.05, 3.63) is 0 Å². The van der Waals surface area contributed by atoms with E-state index in [2.05, 4.69) is 10.6 Å². The Hall–Kier alpha value is -1.63. The summed E-state index contributed by atoms with van der Waals surface area (Å²) < 4.78 is 0. The molecule has 2 saturated heterocycles. The third-order valence-corrected chi connectivity index (χ3v) is 3.60. The third kappa shape index (κ3) is 1.94. The molecule has 0 aliphatic carbocycles. The summed E-state index contributed by atoms with van der Waals surface area (Å²) in [6.07, 6.45) is 0.432. The number of nitrogens with two attached hydrogens (primary N) is 1. The Labute approximate surface area is 105 Å². The molecule has 100 valence electrons. The molecular weight excluding hydrogens is 236 g/mol. The third-order valence-electron chi connectivity index (χ3n) is 3.60. The molecule has 2 aliphatic rings. The zero-order valence-electron chi connectivity index (χ0n) is 10.5. The van der Waals surface area contributed by atoms with Crippen LogP contribution < -0.4 is 16.4 Å². The second-order valence-electron chi connectivity index (χ2n) is 5.27. The molecule has 4 amide bonds. The number of rotatable bonds is 2. The van der Waals surface area contributed by atoms with E-state index in [0.717, 1.165) is 0 Å². The molecule has 0 aromatic rings. The molecule has 2 heterocycles. The Balaban J connectivity index is 2.07. The number of nitrogens with zero attached hydrogens (tertiary/aromatic N) is 1. The van der Waals surface area contributed by atoms with Crippen molar-refractivity contribution < 1.29 is 14.4 Å². The van der Waals surface area contributed by atoms with Crippen LogP contribution in [0.25, 0.3) is 0 Å². The average molecular weight is 254 g/mol. The van der Waals surface area contributed by atoms with Crippen LogP contribution in [-0.2, 0) is 9.59 Å². The predicted molar refractivity (Wildman–Crippen MR) is 63.4 cm³/mol. The standard InChI is InChI=1S/C11H18N4O3/c1-6(2)7(12)8(16)15-4-3-11(5-15)9(17)13-10(18)14-11/h6-7H,3-5,12H2,1-2H3,(H2,13,14,17,18)/t7-,11?/m1/s1. The molecule has 18 heavy (non-hydrogen) atoms. The number of hydrogen-bond donors (Lipinski definition) is 3. The fourth-order valence-corrected chi connectivity index (χ4v) is 2.31. The van der Waals surface area contributed by atoms with Crippen molar-refractivity contribution >= 4 is 17.8 Å². The van der Waals surface area contributed by atoms with Crippen molar-refractivity contribution in [2.75, 3.05) is 13.1 Å². The maximum Gasteiger partial charge on any atom is 0.322 e. The number of amides is 4. The Morgan fingerprint density at radius 1 is 1.44 bits per heavy atom. The van der Waals surface area contributed by atoms with E-state index in [4.69, 9.17) is 5.73 Å². The maximum absolute atomic E-state index is 12.1. The summed E-state index contributed by atoms with van der Waals surface area (Å²) >= 11 is 0. The molecule has 2 rings (SSSR count). The fraction of sp³-hybridized carbons (Fsp3) is 0.727. The number of hydrogen-bond acceptors (Lipinski definition) is 4. The lowest BCUT2D eigenvalue weighted by atomic mass is 9.99. The van der Waals surface area contributed by atoms with Crippen LogP contribution >= 0.6 is 0 Å². The van der Waals surface area contributed by atoms with Gasteiger partial charge in [-0.1, -0.05) is 13.8 Å². The van der Waals surface area contributed by atoms with Gasteiger partial charge in [0, 0.05) is 6.54 Å². The molecule has 7 nitrogen and oxygen atoms in total. The Morgan fingerprint density at radius 2 is 2.11 bits per heavy atom. The first-order chi connectivity index (χ1) is 8.35. The molecule has 7 heteroatoms. The van der Waals surface area contributed by atoms with E-state index in [9.17, 15) is 14.4 Å². The summed E-state index contributed by atoms with van der Waals surface area (Å²) in [6, 6.07) is -1.07. The van der Waals surface area contributed by atoms with Crippen molar-refractivity contribution in [1.82, 2.24) is 15.5 Å². The van der Waals surface area contributed by atoms with E-state index in [-0.39, 0.29) is 24.3 Å². The molecule has 2 aliphatic heterocycles. The van der Waals surface area contributed by atoms with Crippen LogP contribution in [0.5, 0.6) is 0 Å². The molecule has 2 fully saturated rings. The minimum absolute atomic E-state index is 0.0426. The molecule has 0 aromatic carbocycles. The van der Waals surface area contributed by atoms with E-state index < -0.39 is 17.6 Å². The first-order valence-electron chi connectivity index (χ1n) is 6.04. The minimum Gasteiger partial charge on any atom is -0.338 e. The van der Waals surface area contributed by atoms with Gasteiger partial charge in [-0.05, 0) is 12.3 Å². The maximum atomic E-state index is 12.1. The summed E-state index contributed by atoms with van der Waals surface area (Å²) in [5.41, 5.74) is 4.85. The van der Waals surface area contributed by atoms with Gasteiger partial charge in [-0.25, -0.2) is 4.79 Å². The number of urea groups is 1. The Bertz CT molecular complexity index is 409. The summed E-state index contributed by atoms with van der Waals surface area (Å²) in [6.45, 7) is 4.38. The highest BCUT2D eigenvalue weighted by Crippen LogP contribution is 2.25. The van der Waals surface area contributed by atoms with Crippen LogP contribution in [0.3, 0.4) is 0 Å². The van der Waals surface area contributed by atoms with Crippen molar-refractivity contribution in [3.63, 3.8) is 0 Å². The second-order valence-corrected chi connectivity index (χ2v) is 5.27. The van der Waals surface area contributed by atoms with Gasteiger partial charge in [-0.3, -0.25) is 14.9 Å². The van der Waals surface area contributed by atoms with Gasteiger partial charge in [0.15, 0.2) is 0 Å². The molecule has 0 bridgehead atoms. The Kier molecular flexibility index (Phi) is 3.02. The smallest absolute Gasteiger partial charge is 0.322 e. The highest BCUT2D eigenvalue weighted by molar-refractivity contribution is 6.07.